The van der Waals surface area contributed by atoms with Gasteiger partial charge in [-0.1, -0.05) is 0 Å². The molecule has 0 aliphatic carbocycles. The van der Waals surface area contributed by atoms with Gasteiger partial charge < -0.3 is 9.72 Å². The zero-order valence-corrected chi connectivity index (χ0v) is 11.2. The van der Waals surface area contributed by atoms with Crippen molar-refractivity contribution in [1.82, 2.24) is 9.97 Å². The molecule has 2 heterocycles. The molecule has 0 unspecified atom stereocenters. The van der Waals surface area contributed by atoms with Gasteiger partial charge in [0.15, 0.2) is 0 Å². The Morgan fingerprint density at radius 1 is 1.45 bits per heavy atom. The second-order valence-electron chi connectivity index (χ2n) is 3.87. The number of aryl methyl sites for hydroxylation is 1. The largest absolute Gasteiger partial charge is 0.462 e. The molecule has 5 nitrogen and oxygen atoms in total. The number of fused-ring (bicyclic) bond motifs is 1. The van der Waals surface area contributed by atoms with E-state index in [4.69, 9.17) is 4.74 Å². The van der Waals surface area contributed by atoms with Gasteiger partial charge in [0.05, 0.1) is 12.0 Å². The van der Waals surface area contributed by atoms with E-state index in [0.717, 1.165) is 0 Å². The second-order valence-corrected chi connectivity index (χ2v) is 4.87. The molecule has 108 valence electrons. The van der Waals surface area contributed by atoms with Crippen molar-refractivity contribution in [2.45, 2.75) is 20.0 Å². The first kappa shape index (κ1) is 14.5. The zero-order valence-electron chi connectivity index (χ0n) is 10.4. The summed E-state index contributed by atoms with van der Waals surface area (Å²) in [6.45, 7) is 3.20. The van der Waals surface area contributed by atoms with Crippen LogP contribution in [0, 0.1) is 6.92 Å². The molecule has 2 aromatic heterocycles. The topological polar surface area (TPSA) is 72.0 Å². The Balaban J connectivity index is 2.69. The third kappa shape index (κ3) is 2.40. The van der Waals surface area contributed by atoms with Gasteiger partial charge in [-0.15, -0.1) is 11.3 Å². The zero-order chi connectivity index (χ0) is 15.1. The molecule has 0 amide bonds. The van der Waals surface area contributed by atoms with Crippen molar-refractivity contribution in [2.24, 2.45) is 0 Å². The second kappa shape index (κ2) is 4.89. The van der Waals surface area contributed by atoms with Gasteiger partial charge >= 0.3 is 12.1 Å². The van der Waals surface area contributed by atoms with E-state index in [1.165, 1.54) is 6.92 Å². The number of nitrogens with zero attached hydrogens (tertiary/aromatic N) is 1. The van der Waals surface area contributed by atoms with Gasteiger partial charge in [0.1, 0.15) is 9.71 Å². The highest BCUT2D eigenvalue weighted by molar-refractivity contribution is 7.20. The molecular weight excluding hydrogens is 297 g/mol. The number of nitrogens with one attached hydrogen (secondary N) is 1. The van der Waals surface area contributed by atoms with E-state index < -0.39 is 23.5 Å². The van der Waals surface area contributed by atoms with Crippen LogP contribution in [0.3, 0.4) is 0 Å². The molecule has 0 saturated carbocycles. The number of ether oxygens (including phenoxy) is 1. The summed E-state index contributed by atoms with van der Waals surface area (Å²) in [7, 11) is 0. The van der Waals surface area contributed by atoms with Crippen molar-refractivity contribution in [3.05, 3.63) is 26.6 Å². The lowest BCUT2D eigenvalue weighted by Crippen LogP contribution is -2.18. The minimum absolute atomic E-state index is 0.0222. The lowest BCUT2D eigenvalue weighted by atomic mass is 10.2. The number of hydrogen-bond acceptors (Lipinski definition) is 5. The summed E-state index contributed by atoms with van der Waals surface area (Å²) in [6, 6.07) is 0. The lowest BCUT2D eigenvalue weighted by Gasteiger charge is -2.04. The third-order valence-corrected chi connectivity index (χ3v) is 3.70. The van der Waals surface area contributed by atoms with Crippen molar-refractivity contribution in [3.8, 4) is 0 Å². The molecule has 0 atom stereocenters. The van der Waals surface area contributed by atoms with E-state index in [2.05, 4.69) is 4.98 Å². The Labute approximate surface area is 114 Å². The van der Waals surface area contributed by atoms with E-state index in [9.17, 15) is 22.8 Å². The maximum atomic E-state index is 12.6. The summed E-state index contributed by atoms with van der Waals surface area (Å²) in [5, 5.41) is -0.0222. The fourth-order valence-electron chi connectivity index (χ4n) is 1.67. The van der Waals surface area contributed by atoms with Crippen LogP contribution in [0.5, 0.6) is 0 Å². The van der Waals surface area contributed by atoms with Crippen LogP contribution in [-0.2, 0) is 10.9 Å². The Kier molecular flexibility index (Phi) is 3.55. The maximum Gasteiger partial charge on any atom is 0.449 e. The fourth-order valence-corrected chi connectivity index (χ4v) is 2.75. The minimum Gasteiger partial charge on any atom is -0.462 e. The maximum absolute atomic E-state index is 12.6. The Hall–Kier alpha value is -1.90. The van der Waals surface area contributed by atoms with Gasteiger partial charge in [0, 0.05) is 0 Å². The summed E-state index contributed by atoms with van der Waals surface area (Å²) in [5.74, 6) is -2.06. The molecule has 0 fully saturated rings. The average molecular weight is 306 g/mol. The molecule has 0 radical (unpaired) electrons. The summed E-state index contributed by atoms with van der Waals surface area (Å²) in [6.07, 6.45) is -4.75. The van der Waals surface area contributed by atoms with Crippen LogP contribution >= 0.6 is 11.3 Å². The normalized spacial score (nSPS) is 11.8. The monoisotopic (exact) mass is 306 g/mol. The standard InChI is InChI=1S/C11H9F3N2O3S/c1-3-19-9(18)6-4(2)5-7(17)15-10(11(12,13)14)16-8(5)20-6/h3H2,1-2H3,(H,15,16,17). The Morgan fingerprint density at radius 2 is 2.10 bits per heavy atom. The first-order valence-electron chi connectivity index (χ1n) is 5.53. The smallest absolute Gasteiger partial charge is 0.449 e. The number of carbonyl (C=O) groups excluding carboxylic acids is 1. The number of halogens is 3. The van der Waals surface area contributed by atoms with Crippen LogP contribution in [0.1, 0.15) is 28.0 Å². The van der Waals surface area contributed by atoms with Crippen molar-refractivity contribution < 1.29 is 22.7 Å². The van der Waals surface area contributed by atoms with Gasteiger partial charge in [0.2, 0.25) is 5.82 Å². The highest BCUT2D eigenvalue weighted by atomic mass is 32.1. The molecule has 2 rings (SSSR count). The Bertz CT molecular complexity index is 733. The molecule has 20 heavy (non-hydrogen) atoms. The number of hydrogen-bond donors (Lipinski definition) is 1. The third-order valence-electron chi connectivity index (χ3n) is 2.53. The molecule has 0 bridgehead atoms. The summed E-state index contributed by atoms with van der Waals surface area (Å²) in [5.41, 5.74) is -0.655. The number of esters is 1. The molecule has 0 aliphatic rings. The number of aromatic nitrogens is 2. The molecule has 0 aromatic carbocycles. The molecule has 9 heteroatoms. The Morgan fingerprint density at radius 3 is 2.65 bits per heavy atom. The number of thiophene rings is 1. The predicted molar refractivity (Wildman–Crippen MR) is 65.9 cm³/mol. The SMILES string of the molecule is CCOC(=O)c1sc2nc(C(F)(F)F)[nH]c(=O)c2c1C. The van der Waals surface area contributed by atoms with Crippen LogP contribution < -0.4 is 5.56 Å². The first-order valence-corrected chi connectivity index (χ1v) is 6.35. The van der Waals surface area contributed by atoms with Crippen molar-refractivity contribution >= 4 is 27.5 Å². The summed E-state index contributed by atoms with van der Waals surface area (Å²) >= 11 is 0.711. The number of carbonyl (C=O) groups is 1. The number of rotatable bonds is 2. The van der Waals surface area contributed by atoms with Gasteiger partial charge in [-0.05, 0) is 19.4 Å². The van der Waals surface area contributed by atoms with Crippen LogP contribution in [0.4, 0.5) is 13.2 Å². The van der Waals surface area contributed by atoms with E-state index in [-0.39, 0.29) is 27.3 Å². The van der Waals surface area contributed by atoms with Crippen LogP contribution in [0.25, 0.3) is 10.2 Å². The molecule has 0 aliphatic heterocycles. The molecule has 2 aromatic rings. The van der Waals surface area contributed by atoms with Gasteiger partial charge in [-0.3, -0.25) is 4.79 Å². The van der Waals surface area contributed by atoms with Crippen molar-refractivity contribution in [1.29, 1.82) is 0 Å². The van der Waals surface area contributed by atoms with E-state index >= 15 is 0 Å². The highest BCUT2D eigenvalue weighted by Crippen LogP contribution is 2.31. The van der Waals surface area contributed by atoms with Gasteiger partial charge in [-0.25, -0.2) is 9.78 Å². The first-order chi connectivity index (χ1) is 9.25. The highest BCUT2D eigenvalue weighted by Gasteiger charge is 2.35. The van der Waals surface area contributed by atoms with E-state index in [1.807, 2.05) is 0 Å². The van der Waals surface area contributed by atoms with Crippen molar-refractivity contribution in [2.75, 3.05) is 6.61 Å². The molecule has 0 spiro atoms. The summed E-state index contributed by atoms with van der Waals surface area (Å²) < 4.78 is 42.5. The lowest BCUT2D eigenvalue weighted by molar-refractivity contribution is -0.144. The van der Waals surface area contributed by atoms with Crippen LogP contribution in [0.15, 0.2) is 4.79 Å². The van der Waals surface area contributed by atoms with Gasteiger partial charge in [-0.2, -0.15) is 13.2 Å². The van der Waals surface area contributed by atoms with E-state index in [1.54, 1.807) is 11.9 Å². The molecule has 1 N–H and O–H groups in total. The van der Waals surface area contributed by atoms with Gasteiger partial charge in [0.25, 0.3) is 5.56 Å². The van der Waals surface area contributed by atoms with E-state index in [0.29, 0.717) is 11.3 Å². The quantitative estimate of drug-likeness (QED) is 0.865. The average Bonchev–Trinajstić information content (AvgIpc) is 2.66. The number of H-pyrrole nitrogens is 1. The minimum atomic E-state index is -4.75. The summed E-state index contributed by atoms with van der Waals surface area (Å²) in [4.78, 5) is 28.4. The number of aromatic amines is 1. The number of alkyl halides is 3. The molecule has 0 saturated heterocycles. The fraction of sp³-hybridized carbons (Fsp3) is 0.364. The molecular formula is C11H9F3N2O3S. The van der Waals surface area contributed by atoms with Crippen LogP contribution in [-0.4, -0.2) is 22.5 Å². The predicted octanol–water partition coefficient (Wildman–Crippen LogP) is 2.49. The van der Waals surface area contributed by atoms with Crippen molar-refractivity contribution in [3.63, 3.8) is 0 Å². The van der Waals surface area contributed by atoms with Crippen LogP contribution in [0.2, 0.25) is 0 Å².